The van der Waals surface area contributed by atoms with E-state index in [1.165, 1.54) is 22.4 Å². The van der Waals surface area contributed by atoms with E-state index in [1.807, 2.05) is 60.7 Å². The molecular weight excluding hydrogens is 671 g/mol. The van der Waals surface area contributed by atoms with Crippen LogP contribution >= 0.6 is 0 Å². The van der Waals surface area contributed by atoms with Gasteiger partial charge in [-0.3, -0.25) is 4.57 Å². The van der Waals surface area contributed by atoms with Crippen molar-refractivity contribution < 1.29 is 29.4 Å². The minimum absolute atomic E-state index is 0. The van der Waals surface area contributed by atoms with Gasteiger partial charge in [0, 0.05) is 11.9 Å². The Hall–Kier alpha value is -4.05. The first-order chi connectivity index (χ1) is 19.0. The van der Waals surface area contributed by atoms with Gasteiger partial charge in [-0.05, 0) is 54.4 Å². The van der Waals surface area contributed by atoms with E-state index in [-0.39, 0.29) is 20.1 Å². The molecule has 4 nitrogen and oxygen atoms in total. The van der Waals surface area contributed by atoms with Gasteiger partial charge in [0.15, 0.2) is 0 Å². The topological polar surface area (TPSA) is 30.9 Å². The van der Waals surface area contributed by atoms with Crippen molar-refractivity contribution >= 4 is 11.0 Å². The Morgan fingerprint density at radius 2 is 1.60 bits per heavy atom. The Kier molecular flexibility index (Phi) is 7.97. The summed E-state index contributed by atoms with van der Waals surface area (Å²) in [6, 6.07) is 36.8. The molecule has 2 aromatic heterocycles. The van der Waals surface area contributed by atoms with Crippen LogP contribution in [0.15, 0.2) is 97.2 Å². The molecule has 7 rings (SSSR count). The molecule has 3 heterocycles. The third-order valence-corrected chi connectivity index (χ3v) is 6.97. The van der Waals surface area contributed by atoms with Crippen LogP contribution in [0.1, 0.15) is 36.5 Å². The van der Waals surface area contributed by atoms with Crippen LogP contribution in [0.5, 0.6) is 11.5 Å². The monoisotopic (exact) mass is 700 g/mol. The van der Waals surface area contributed by atoms with Crippen LogP contribution in [-0.4, -0.2) is 9.55 Å². The van der Waals surface area contributed by atoms with E-state index in [9.17, 15) is 0 Å². The van der Waals surface area contributed by atoms with Gasteiger partial charge in [-0.1, -0.05) is 56.3 Å². The van der Waals surface area contributed by atoms with Gasteiger partial charge in [0.1, 0.15) is 11.3 Å². The first-order valence-electron chi connectivity index (χ1n) is 13.2. The first-order valence-corrected chi connectivity index (χ1v) is 13.2. The van der Waals surface area contributed by atoms with Gasteiger partial charge < -0.3 is 14.3 Å². The third-order valence-electron chi connectivity index (χ3n) is 6.97. The number of hydrogen-bond donors (Lipinski definition) is 0. The van der Waals surface area contributed by atoms with Crippen LogP contribution in [0.4, 0.5) is 0 Å². The number of rotatable bonds is 3. The van der Waals surface area contributed by atoms with Crippen LogP contribution < -0.4 is 9.30 Å². The van der Waals surface area contributed by atoms with Gasteiger partial charge >= 0.3 is 20.1 Å². The zero-order valence-electron chi connectivity index (χ0n) is 22.9. The molecule has 4 aromatic carbocycles. The molecule has 0 atom stereocenters. The van der Waals surface area contributed by atoms with Crippen LogP contribution in [-0.2, 0) is 20.1 Å². The number of pyridine rings is 1. The molecule has 198 valence electrons. The number of benzene rings is 4. The fourth-order valence-electron chi connectivity index (χ4n) is 5.09. The minimum Gasteiger partial charge on any atom is -0.523 e. The van der Waals surface area contributed by atoms with Crippen molar-refractivity contribution in [3.05, 3.63) is 132 Å². The Morgan fingerprint density at radius 3 is 2.30 bits per heavy atom. The summed E-state index contributed by atoms with van der Waals surface area (Å²) in [5.41, 5.74) is 9.85. The largest absolute Gasteiger partial charge is 3.00 e. The average molecular weight is 700 g/mol. The second-order valence-corrected chi connectivity index (χ2v) is 9.99. The number of fused-ring (bicyclic) bond motifs is 2. The summed E-state index contributed by atoms with van der Waals surface area (Å²) < 4.78 is 10.6. The van der Waals surface area contributed by atoms with E-state index in [0.717, 1.165) is 39.5 Å². The molecule has 0 radical (unpaired) electrons. The smallest absolute Gasteiger partial charge is 0.523 e. The Morgan fingerprint density at radius 1 is 0.825 bits per heavy atom. The van der Waals surface area contributed by atoms with E-state index in [0.29, 0.717) is 5.92 Å². The summed E-state index contributed by atoms with van der Waals surface area (Å²) in [7, 11) is 0. The van der Waals surface area contributed by atoms with Crippen molar-refractivity contribution in [3.63, 3.8) is 0 Å². The molecule has 0 unspecified atom stereocenters. The number of para-hydroxylation sites is 2. The molecule has 0 saturated heterocycles. The van der Waals surface area contributed by atoms with Crippen LogP contribution in [0.3, 0.4) is 0 Å². The Labute approximate surface area is 249 Å². The van der Waals surface area contributed by atoms with Gasteiger partial charge in [-0.25, -0.2) is 0 Å². The Balaban J connectivity index is 0.000000209. The molecular formula is C35H29IrN3O+. The second-order valence-electron chi connectivity index (χ2n) is 9.99. The fraction of sp³-hybridized carbons (Fsp3) is 0.143. The summed E-state index contributed by atoms with van der Waals surface area (Å²) in [5.74, 6) is 2.12. The molecule has 1 aliphatic rings. The van der Waals surface area contributed by atoms with E-state index in [4.69, 9.17) is 4.74 Å². The van der Waals surface area contributed by atoms with Gasteiger partial charge in [-0.15, -0.1) is 41.5 Å². The zero-order chi connectivity index (χ0) is 26.9. The number of ether oxygens (including phenoxy) is 1. The summed E-state index contributed by atoms with van der Waals surface area (Å²) in [6.07, 6.45) is 5.36. The van der Waals surface area contributed by atoms with E-state index in [1.54, 1.807) is 6.20 Å². The normalized spacial score (nSPS) is 11.2. The molecule has 0 aliphatic carbocycles. The van der Waals surface area contributed by atoms with Gasteiger partial charge in [0.05, 0.1) is 11.2 Å². The molecule has 40 heavy (non-hydrogen) atoms. The predicted octanol–water partition coefficient (Wildman–Crippen LogP) is 7.90. The molecule has 0 saturated carbocycles. The summed E-state index contributed by atoms with van der Waals surface area (Å²) in [4.78, 5) is 4.22. The van der Waals surface area contributed by atoms with Gasteiger partial charge in [0.2, 0.25) is 0 Å². The quantitative estimate of drug-likeness (QED) is 0.139. The predicted molar refractivity (Wildman–Crippen MR) is 155 cm³/mol. The maximum Gasteiger partial charge on any atom is 3.00 e. The van der Waals surface area contributed by atoms with Gasteiger partial charge in [0.25, 0.3) is 6.33 Å². The molecule has 0 fully saturated rings. The number of aryl methyl sites for hydroxylation is 2. The summed E-state index contributed by atoms with van der Waals surface area (Å²) in [6.45, 7) is 8.66. The molecule has 6 aromatic rings. The standard InChI is InChI=1S/C24H21N2O.C11H8N.Ir/c1-15(2)18-10-6-12-20-24(18)27-21-13-7-11-19-23(21)26(20)14-25(19)22-16(3)8-5-9-17(22)4;1-2-6-10(7-3-1)11-8-4-5-9-12-11;/h5-11,13,15H,1-4H3;1-6,8-9H;/q2*-1;+3. The third kappa shape index (κ3) is 4.99. The van der Waals surface area contributed by atoms with Crippen molar-refractivity contribution in [1.29, 1.82) is 0 Å². The van der Waals surface area contributed by atoms with E-state index in [2.05, 4.69) is 90.6 Å². The van der Waals surface area contributed by atoms with Crippen molar-refractivity contribution in [1.82, 2.24) is 9.55 Å². The second kappa shape index (κ2) is 11.6. The molecule has 0 amide bonds. The van der Waals surface area contributed by atoms with Crippen molar-refractivity contribution in [2.24, 2.45) is 0 Å². The first kappa shape index (κ1) is 27.5. The number of hydrogen-bond acceptors (Lipinski definition) is 2. The summed E-state index contributed by atoms with van der Waals surface area (Å²) >= 11 is 0. The number of aromatic nitrogens is 3. The zero-order valence-corrected chi connectivity index (χ0v) is 25.3. The molecule has 1 aliphatic heterocycles. The molecule has 5 heteroatoms. The molecule has 0 spiro atoms. The molecule has 0 N–H and O–H groups in total. The SMILES string of the molecule is Cc1cccc(C)c1-n1[c-][n+]2c3c(cccc31)Oc1c-2[c-]ccc1C(C)C.[Ir+3].[c-]1ccccc1-c1ccccn1. The van der Waals surface area contributed by atoms with E-state index >= 15 is 0 Å². The maximum atomic E-state index is 6.37. The summed E-state index contributed by atoms with van der Waals surface area (Å²) in [5, 5.41) is 0. The van der Waals surface area contributed by atoms with Crippen LogP contribution in [0.25, 0.3) is 33.7 Å². The average Bonchev–Trinajstić information content (AvgIpc) is 3.35. The van der Waals surface area contributed by atoms with Gasteiger partial charge in [-0.2, -0.15) is 18.2 Å². The fourth-order valence-corrected chi connectivity index (χ4v) is 5.09. The van der Waals surface area contributed by atoms with Crippen molar-refractivity contribution in [3.8, 4) is 34.1 Å². The van der Waals surface area contributed by atoms with Crippen LogP contribution in [0, 0.1) is 32.3 Å². The van der Waals surface area contributed by atoms with E-state index < -0.39 is 0 Å². The van der Waals surface area contributed by atoms with Crippen molar-refractivity contribution in [2.75, 3.05) is 0 Å². The minimum atomic E-state index is 0. The number of nitrogens with zero attached hydrogens (tertiary/aromatic N) is 3. The number of imidazole rings is 1. The Bertz CT molecular complexity index is 1720. The maximum absolute atomic E-state index is 6.37. The van der Waals surface area contributed by atoms with Crippen molar-refractivity contribution in [2.45, 2.75) is 33.6 Å². The molecule has 0 bridgehead atoms. The van der Waals surface area contributed by atoms with Crippen LogP contribution in [0.2, 0.25) is 0 Å².